The molecule has 22 heavy (non-hydrogen) atoms. The van der Waals surface area contributed by atoms with Crippen LogP contribution in [0.2, 0.25) is 0 Å². The van der Waals surface area contributed by atoms with E-state index in [-0.39, 0.29) is 6.10 Å². The second kappa shape index (κ2) is 7.04. The Labute approximate surface area is 130 Å². The quantitative estimate of drug-likeness (QED) is 0.771. The molecule has 1 unspecified atom stereocenters. The van der Waals surface area contributed by atoms with Crippen LogP contribution in [0.25, 0.3) is 11.2 Å². The normalized spacial score (nSPS) is 13.1. The van der Waals surface area contributed by atoms with Crippen molar-refractivity contribution in [2.24, 2.45) is 0 Å². The zero-order chi connectivity index (χ0) is 16.1. The molecular weight excluding hydrogens is 276 g/mol. The van der Waals surface area contributed by atoms with Gasteiger partial charge >= 0.3 is 0 Å². The lowest BCUT2D eigenvalue weighted by Crippen LogP contribution is -2.11. The molecule has 2 aromatic heterocycles. The fourth-order valence-electron chi connectivity index (χ4n) is 2.06. The highest BCUT2D eigenvalue weighted by Gasteiger charge is 2.07. The van der Waals surface area contributed by atoms with E-state index in [2.05, 4.69) is 28.6 Å². The van der Waals surface area contributed by atoms with Crippen molar-refractivity contribution in [1.29, 1.82) is 0 Å². The smallest absolute Gasteiger partial charge is 0.154 e. The molecule has 116 valence electrons. The first-order chi connectivity index (χ1) is 10.5. The topological polar surface area (TPSA) is 62.5 Å². The van der Waals surface area contributed by atoms with Crippen LogP contribution in [-0.2, 0) is 0 Å². The predicted octanol–water partition coefficient (Wildman–Crippen LogP) is 3.06. The molecular formula is C17H22N4O. The summed E-state index contributed by atoms with van der Waals surface area (Å²) in [5.41, 5.74) is 3.56. The lowest BCUT2D eigenvalue weighted by Gasteiger charge is -2.08. The summed E-state index contributed by atoms with van der Waals surface area (Å²) in [5, 5.41) is 17.0. The third-order valence-electron chi connectivity index (χ3n) is 3.30. The number of nitrogens with zero attached hydrogens (tertiary/aromatic N) is 3. The van der Waals surface area contributed by atoms with Crippen molar-refractivity contribution in [2.45, 2.75) is 26.4 Å². The minimum atomic E-state index is -0.324. The van der Waals surface area contributed by atoms with Crippen LogP contribution in [-0.4, -0.2) is 32.4 Å². The third kappa shape index (κ3) is 3.83. The Bertz CT molecular complexity index is 713. The Balaban J connectivity index is 2.27. The van der Waals surface area contributed by atoms with Crippen LogP contribution in [0.1, 0.15) is 26.0 Å². The summed E-state index contributed by atoms with van der Waals surface area (Å²) >= 11 is 0. The summed E-state index contributed by atoms with van der Waals surface area (Å²) in [7, 11) is 0. The number of aliphatic hydroxyl groups is 1. The first kappa shape index (κ1) is 16.0. The predicted molar refractivity (Wildman–Crippen MR) is 90.8 cm³/mol. The Morgan fingerprint density at radius 2 is 2.27 bits per heavy atom. The van der Waals surface area contributed by atoms with E-state index in [0.29, 0.717) is 13.0 Å². The monoisotopic (exact) mass is 298 g/mol. The number of aliphatic hydroxyl groups excluding tert-OH is 1. The molecule has 0 aliphatic carbocycles. The zero-order valence-corrected chi connectivity index (χ0v) is 13.1. The van der Waals surface area contributed by atoms with Gasteiger partial charge in [-0.2, -0.15) is 0 Å². The molecule has 2 N–H and O–H groups in total. The van der Waals surface area contributed by atoms with Gasteiger partial charge in [0.2, 0.25) is 0 Å². The zero-order valence-electron chi connectivity index (χ0n) is 13.1. The standard InChI is InChI=1S/C17H22N4O/c1-5-12(2)10-13(3)15-11-19-17-7-6-16(20-21(15)17)18-9-8-14(4)22/h5-7,10-11,14,22H,1-2,8-9H2,3-4H3,(H,18,20)/b13-10+. The van der Waals surface area contributed by atoms with Crippen LogP contribution in [0.15, 0.2) is 49.2 Å². The molecule has 0 spiro atoms. The highest BCUT2D eigenvalue weighted by molar-refractivity contribution is 5.66. The van der Waals surface area contributed by atoms with E-state index in [1.54, 1.807) is 23.7 Å². The van der Waals surface area contributed by atoms with E-state index in [9.17, 15) is 5.11 Å². The lowest BCUT2D eigenvalue weighted by atomic mass is 10.1. The maximum Gasteiger partial charge on any atom is 0.154 e. The van der Waals surface area contributed by atoms with Crippen LogP contribution in [0.4, 0.5) is 5.82 Å². The van der Waals surface area contributed by atoms with Crippen molar-refractivity contribution in [1.82, 2.24) is 14.6 Å². The molecule has 5 heteroatoms. The number of nitrogens with one attached hydrogen (secondary N) is 1. The molecule has 0 radical (unpaired) electrons. The average Bonchev–Trinajstić information content (AvgIpc) is 2.89. The number of hydrogen-bond donors (Lipinski definition) is 2. The van der Waals surface area contributed by atoms with Crippen LogP contribution < -0.4 is 5.32 Å². The molecule has 2 aromatic rings. The molecule has 1 atom stereocenters. The second-order valence-electron chi connectivity index (χ2n) is 5.30. The van der Waals surface area contributed by atoms with Gasteiger partial charge in [-0.1, -0.05) is 25.3 Å². The van der Waals surface area contributed by atoms with E-state index in [4.69, 9.17) is 0 Å². The van der Waals surface area contributed by atoms with Crippen LogP contribution >= 0.6 is 0 Å². The summed E-state index contributed by atoms with van der Waals surface area (Å²) in [6, 6.07) is 3.80. The average molecular weight is 298 g/mol. The molecule has 0 saturated heterocycles. The Morgan fingerprint density at radius 1 is 1.50 bits per heavy atom. The lowest BCUT2D eigenvalue weighted by molar-refractivity contribution is 0.188. The Hall–Kier alpha value is -2.40. The summed E-state index contributed by atoms with van der Waals surface area (Å²) in [4.78, 5) is 4.36. The van der Waals surface area contributed by atoms with Gasteiger partial charge in [0, 0.05) is 6.54 Å². The molecule has 0 aromatic carbocycles. The van der Waals surface area contributed by atoms with Crippen molar-refractivity contribution >= 4 is 17.0 Å². The summed E-state index contributed by atoms with van der Waals surface area (Å²) < 4.78 is 1.80. The van der Waals surface area contributed by atoms with Gasteiger partial charge < -0.3 is 10.4 Å². The van der Waals surface area contributed by atoms with E-state index in [0.717, 1.165) is 28.3 Å². The van der Waals surface area contributed by atoms with Crippen molar-refractivity contribution < 1.29 is 5.11 Å². The number of aromatic nitrogens is 3. The van der Waals surface area contributed by atoms with Crippen molar-refractivity contribution in [3.8, 4) is 0 Å². The van der Waals surface area contributed by atoms with Gasteiger partial charge in [0.15, 0.2) is 5.65 Å². The molecule has 0 aliphatic heterocycles. The molecule has 0 fully saturated rings. The van der Waals surface area contributed by atoms with Gasteiger partial charge in [-0.25, -0.2) is 9.50 Å². The number of hydrogen-bond acceptors (Lipinski definition) is 4. The van der Waals surface area contributed by atoms with Gasteiger partial charge in [0.05, 0.1) is 18.0 Å². The molecule has 5 nitrogen and oxygen atoms in total. The minimum absolute atomic E-state index is 0.324. The van der Waals surface area contributed by atoms with E-state index in [1.807, 2.05) is 25.1 Å². The van der Waals surface area contributed by atoms with Gasteiger partial charge in [-0.15, -0.1) is 5.10 Å². The highest BCUT2D eigenvalue weighted by atomic mass is 16.3. The second-order valence-corrected chi connectivity index (χ2v) is 5.30. The minimum Gasteiger partial charge on any atom is -0.393 e. The van der Waals surface area contributed by atoms with Crippen LogP contribution in [0.3, 0.4) is 0 Å². The van der Waals surface area contributed by atoms with Gasteiger partial charge in [-0.05, 0) is 43.5 Å². The van der Waals surface area contributed by atoms with E-state index in [1.165, 1.54) is 0 Å². The number of fused-ring (bicyclic) bond motifs is 1. The van der Waals surface area contributed by atoms with Crippen molar-refractivity contribution in [3.05, 3.63) is 54.9 Å². The largest absolute Gasteiger partial charge is 0.393 e. The fourth-order valence-corrected chi connectivity index (χ4v) is 2.06. The molecule has 0 aliphatic rings. The third-order valence-corrected chi connectivity index (χ3v) is 3.30. The SMILES string of the molecule is C=CC(=C)/C=C(\C)c1cnc2ccc(NCCC(C)O)nn12. The molecule has 0 amide bonds. The van der Waals surface area contributed by atoms with Crippen molar-refractivity contribution in [3.63, 3.8) is 0 Å². The van der Waals surface area contributed by atoms with E-state index >= 15 is 0 Å². The first-order valence-electron chi connectivity index (χ1n) is 7.28. The molecule has 2 heterocycles. The number of anilines is 1. The fraction of sp³-hybridized carbons (Fsp3) is 0.294. The summed E-state index contributed by atoms with van der Waals surface area (Å²) in [6.07, 6.45) is 5.81. The number of rotatable bonds is 7. The first-order valence-corrected chi connectivity index (χ1v) is 7.28. The van der Waals surface area contributed by atoms with Crippen molar-refractivity contribution in [2.75, 3.05) is 11.9 Å². The van der Waals surface area contributed by atoms with Gasteiger partial charge in [0.25, 0.3) is 0 Å². The van der Waals surface area contributed by atoms with Gasteiger partial charge in [-0.3, -0.25) is 0 Å². The summed E-state index contributed by atoms with van der Waals surface area (Å²) in [6.45, 7) is 12.0. The Morgan fingerprint density at radius 3 is 2.95 bits per heavy atom. The summed E-state index contributed by atoms with van der Waals surface area (Å²) in [5.74, 6) is 0.753. The van der Waals surface area contributed by atoms with Gasteiger partial charge in [0.1, 0.15) is 5.82 Å². The maximum atomic E-state index is 9.29. The highest BCUT2D eigenvalue weighted by Crippen LogP contribution is 2.18. The van der Waals surface area contributed by atoms with Crippen LogP contribution in [0, 0.1) is 0 Å². The molecule has 2 rings (SSSR count). The Kier molecular flexibility index (Phi) is 5.12. The number of allylic oxidation sites excluding steroid dienone is 4. The maximum absolute atomic E-state index is 9.29. The molecule has 0 saturated carbocycles. The van der Waals surface area contributed by atoms with Crippen LogP contribution in [0.5, 0.6) is 0 Å². The number of imidazole rings is 1. The van der Waals surface area contributed by atoms with E-state index < -0.39 is 0 Å². The molecule has 0 bridgehead atoms.